The van der Waals surface area contributed by atoms with Gasteiger partial charge < -0.3 is 15.3 Å². The summed E-state index contributed by atoms with van der Waals surface area (Å²) in [6.45, 7) is 7.16. The van der Waals surface area contributed by atoms with Crippen molar-refractivity contribution < 1.29 is 20.1 Å². The number of carboxylic acid groups (broad SMARTS) is 1. The Bertz CT molecular complexity index is 605. The van der Waals surface area contributed by atoms with Crippen LogP contribution in [0.3, 0.4) is 0 Å². The topological polar surface area (TPSA) is 77.8 Å². The fourth-order valence-electron chi connectivity index (χ4n) is 8.81. The van der Waals surface area contributed by atoms with Crippen molar-refractivity contribution in [1.82, 2.24) is 0 Å². The lowest BCUT2D eigenvalue weighted by atomic mass is 9.44. The van der Waals surface area contributed by atoms with E-state index in [0.717, 1.165) is 32.1 Å². The summed E-state index contributed by atoms with van der Waals surface area (Å²) in [5.74, 6) is 2.61. The molecule has 4 nitrogen and oxygen atoms in total. The van der Waals surface area contributed by atoms with Gasteiger partial charge in [0.2, 0.25) is 0 Å². The third kappa shape index (κ3) is 3.14. The molecule has 0 heterocycles. The Balaban J connectivity index is 1.55. The Morgan fingerprint density at radius 2 is 1.64 bits per heavy atom. The van der Waals surface area contributed by atoms with Gasteiger partial charge in [-0.05, 0) is 104 Å². The molecule has 0 spiro atoms. The lowest BCUT2D eigenvalue weighted by molar-refractivity contribution is -0.172. The predicted octanol–water partition coefficient (Wildman–Crippen LogP) is 4.48. The van der Waals surface area contributed by atoms with Crippen LogP contribution in [-0.4, -0.2) is 33.5 Å². The number of rotatable bonds is 4. The number of aliphatic carboxylic acids is 1. The van der Waals surface area contributed by atoms with Crippen molar-refractivity contribution in [2.45, 2.75) is 97.2 Å². The molecule has 0 radical (unpaired) electrons. The van der Waals surface area contributed by atoms with Crippen molar-refractivity contribution in [3.8, 4) is 0 Å². The van der Waals surface area contributed by atoms with Crippen LogP contribution in [0.25, 0.3) is 0 Å². The van der Waals surface area contributed by atoms with Gasteiger partial charge >= 0.3 is 5.97 Å². The first-order valence-electron chi connectivity index (χ1n) is 11.7. The summed E-state index contributed by atoms with van der Waals surface area (Å²) in [6, 6.07) is 0. The fraction of sp³-hybridized carbons (Fsp3) is 0.958. The summed E-state index contributed by atoms with van der Waals surface area (Å²) in [4.78, 5) is 11.1. The van der Waals surface area contributed by atoms with Gasteiger partial charge in [-0.1, -0.05) is 20.8 Å². The van der Waals surface area contributed by atoms with Gasteiger partial charge in [0.15, 0.2) is 0 Å². The lowest BCUT2D eigenvalue weighted by Crippen LogP contribution is -2.58. The van der Waals surface area contributed by atoms with E-state index < -0.39 is 5.97 Å². The molecular formula is C24H40O4. The molecule has 160 valence electrons. The van der Waals surface area contributed by atoms with E-state index in [-0.39, 0.29) is 30.0 Å². The Hall–Kier alpha value is -0.610. The van der Waals surface area contributed by atoms with Crippen LogP contribution in [-0.2, 0) is 4.79 Å². The van der Waals surface area contributed by atoms with Crippen LogP contribution < -0.4 is 0 Å². The standard InChI is InChI=1S/C24H40O4/c1-14(4-7-22(27)28)17-5-6-18-16-13-21(26)20-12-15(25)8-10-24(20,3)19(16)9-11-23(17,18)2/h14-21,25-26H,4-13H2,1-3H3,(H,27,28)/t14-,15-,16-,17+,18?,19+,20-,21+,23-,24-/m1/s1. The Labute approximate surface area is 170 Å². The molecule has 4 saturated carbocycles. The van der Waals surface area contributed by atoms with E-state index >= 15 is 0 Å². The Morgan fingerprint density at radius 3 is 2.36 bits per heavy atom. The number of hydrogen-bond donors (Lipinski definition) is 3. The molecule has 4 heteroatoms. The highest BCUT2D eigenvalue weighted by Gasteiger charge is 2.62. The van der Waals surface area contributed by atoms with Crippen LogP contribution in [0.1, 0.15) is 85.0 Å². The lowest BCUT2D eigenvalue weighted by Gasteiger charge is -2.62. The molecule has 0 aromatic heterocycles. The zero-order chi connectivity index (χ0) is 20.3. The third-order valence-corrected chi connectivity index (χ3v) is 10.2. The molecule has 0 bridgehead atoms. The van der Waals surface area contributed by atoms with E-state index in [4.69, 9.17) is 5.11 Å². The van der Waals surface area contributed by atoms with Crippen LogP contribution in [0.2, 0.25) is 0 Å². The molecule has 28 heavy (non-hydrogen) atoms. The zero-order valence-electron chi connectivity index (χ0n) is 17.9. The summed E-state index contributed by atoms with van der Waals surface area (Å²) in [6.07, 6.45) is 9.16. The molecule has 4 fully saturated rings. The van der Waals surface area contributed by atoms with Crippen molar-refractivity contribution in [1.29, 1.82) is 0 Å². The zero-order valence-corrected chi connectivity index (χ0v) is 17.9. The number of fused-ring (bicyclic) bond motifs is 5. The summed E-state index contributed by atoms with van der Waals surface area (Å²) in [5.41, 5.74) is 0.478. The third-order valence-electron chi connectivity index (χ3n) is 10.2. The SMILES string of the molecule is C[C@H](CCC(=O)O)[C@@H]1CCC2[C@H]3C[C@H](O)[C@H]4C[C@H](O)CC[C@]4(C)[C@H]3CC[C@@]21C. The maximum absolute atomic E-state index is 11.1. The molecule has 0 aromatic rings. The van der Waals surface area contributed by atoms with Crippen LogP contribution in [0, 0.1) is 46.3 Å². The molecule has 4 aliphatic carbocycles. The van der Waals surface area contributed by atoms with Gasteiger partial charge in [0.1, 0.15) is 0 Å². The minimum absolute atomic E-state index is 0.176. The molecule has 0 aromatic carbocycles. The highest BCUT2D eigenvalue weighted by Crippen LogP contribution is 2.68. The molecule has 4 aliphatic rings. The quantitative estimate of drug-likeness (QED) is 0.659. The molecular weight excluding hydrogens is 352 g/mol. The predicted molar refractivity (Wildman–Crippen MR) is 109 cm³/mol. The van der Waals surface area contributed by atoms with Crippen molar-refractivity contribution in [2.24, 2.45) is 46.3 Å². The largest absolute Gasteiger partial charge is 0.481 e. The second-order valence-electron chi connectivity index (χ2n) is 11.4. The van der Waals surface area contributed by atoms with Gasteiger partial charge in [-0.2, -0.15) is 0 Å². The van der Waals surface area contributed by atoms with Crippen molar-refractivity contribution in [3.05, 3.63) is 0 Å². The van der Waals surface area contributed by atoms with Crippen LogP contribution in [0.15, 0.2) is 0 Å². The number of aliphatic hydroxyl groups is 2. The summed E-state index contributed by atoms with van der Waals surface area (Å²) < 4.78 is 0. The molecule has 0 amide bonds. The van der Waals surface area contributed by atoms with E-state index in [9.17, 15) is 15.0 Å². The van der Waals surface area contributed by atoms with Gasteiger partial charge in [0, 0.05) is 6.42 Å². The van der Waals surface area contributed by atoms with E-state index in [0.29, 0.717) is 35.0 Å². The van der Waals surface area contributed by atoms with Gasteiger partial charge in [-0.25, -0.2) is 0 Å². The first kappa shape index (κ1) is 20.7. The van der Waals surface area contributed by atoms with Gasteiger partial charge in [-0.15, -0.1) is 0 Å². The summed E-state index contributed by atoms with van der Waals surface area (Å²) >= 11 is 0. The average molecular weight is 393 g/mol. The van der Waals surface area contributed by atoms with Crippen LogP contribution in [0.5, 0.6) is 0 Å². The van der Waals surface area contributed by atoms with E-state index in [1.165, 1.54) is 25.7 Å². The van der Waals surface area contributed by atoms with E-state index in [1.807, 2.05) is 0 Å². The normalized spacial score (nSPS) is 51.7. The van der Waals surface area contributed by atoms with E-state index in [1.54, 1.807) is 0 Å². The van der Waals surface area contributed by atoms with Crippen molar-refractivity contribution >= 4 is 5.97 Å². The van der Waals surface area contributed by atoms with Crippen LogP contribution >= 0.6 is 0 Å². The molecule has 3 N–H and O–H groups in total. The highest BCUT2D eigenvalue weighted by atomic mass is 16.4. The molecule has 0 aliphatic heterocycles. The molecule has 1 unspecified atom stereocenters. The first-order valence-corrected chi connectivity index (χ1v) is 11.7. The summed E-state index contributed by atoms with van der Waals surface area (Å²) in [7, 11) is 0. The Kier molecular flexibility index (Phi) is 5.36. The van der Waals surface area contributed by atoms with Gasteiger partial charge in [0.05, 0.1) is 12.2 Å². The maximum Gasteiger partial charge on any atom is 0.303 e. The van der Waals surface area contributed by atoms with Gasteiger partial charge in [-0.3, -0.25) is 4.79 Å². The fourth-order valence-corrected chi connectivity index (χ4v) is 8.81. The number of aliphatic hydroxyl groups excluding tert-OH is 2. The minimum Gasteiger partial charge on any atom is -0.481 e. The Morgan fingerprint density at radius 1 is 0.964 bits per heavy atom. The monoisotopic (exact) mass is 392 g/mol. The first-order chi connectivity index (χ1) is 13.2. The minimum atomic E-state index is -0.677. The number of carboxylic acids is 1. The van der Waals surface area contributed by atoms with E-state index in [2.05, 4.69) is 20.8 Å². The van der Waals surface area contributed by atoms with Crippen LogP contribution in [0.4, 0.5) is 0 Å². The second-order valence-corrected chi connectivity index (χ2v) is 11.4. The second kappa shape index (κ2) is 7.27. The number of carbonyl (C=O) groups is 1. The van der Waals surface area contributed by atoms with Crippen molar-refractivity contribution in [3.63, 3.8) is 0 Å². The van der Waals surface area contributed by atoms with Crippen molar-refractivity contribution in [2.75, 3.05) is 0 Å². The summed E-state index contributed by atoms with van der Waals surface area (Å²) in [5, 5.41) is 30.4. The molecule has 10 atom stereocenters. The smallest absolute Gasteiger partial charge is 0.303 e. The maximum atomic E-state index is 11.1. The molecule has 4 rings (SSSR count). The molecule has 0 saturated heterocycles. The average Bonchev–Trinajstić information content (AvgIpc) is 2.99. The van der Waals surface area contributed by atoms with Gasteiger partial charge in [0.25, 0.3) is 0 Å². The highest BCUT2D eigenvalue weighted by molar-refractivity contribution is 5.66. The number of hydrogen-bond acceptors (Lipinski definition) is 3.